The summed E-state index contributed by atoms with van der Waals surface area (Å²) >= 11 is 0. The van der Waals surface area contributed by atoms with Crippen molar-refractivity contribution in [1.82, 2.24) is 9.88 Å². The van der Waals surface area contributed by atoms with Crippen molar-refractivity contribution in [2.45, 2.75) is 50.0 Å². The maximum absolute atomic E-state index is 14.1. The van der Waals surface area contributed by atoms with Gasteiger partial charge in [0.25, 0.3) is 0 Å². The lowest BCUT2D eigenvalue weighted by Crippen LogP contribution is -2.52. The molecule has 7 nitrogen and oxygen atoms in total. The molecule has 214 valence electrons. The highest BCUT2D eigenvalue weighted by Gasteiger charge is 2.51. The van der Waals surface area contributed by atoms with Gasteiger partial charge >= 0.3 is 0 Å². The minimum Gasteiger partial charge on any atom is -0.381 e. The summed E-state index contributed by atoms with van der Waals surface area (Å²) in [7, 11) is 4.07. The topological polar surface area (TPSA) is 74.8 Å². The molecule has 0 saturated carbocycles. The molecular formula is C35H36N4O3. The fourth-order valence-corrected chi connectivity index (χ4v) is 7.44. The van der Waals surface area contributed by atoms with E-state index in [0.717, 1.165) is 53.6 Å². The third kappa shape index (κ3) is 4.37. The van der Waals surface area contributed by atoms with Crippen LogP contribution in [-0.4, -0.2) is 55.6 Å². The molecule has 1 aliphatic carbocycles. The van der Waals surface area contributed by atoms with Gasteiger partial charge in [-0.05, 0) is 85.5 Å². The highest BCUT2D eigenvalue weighted by Crippen LogP contribution is 2.48. The van der Waals surface area contributed by atoms with Crippen molar-refractivity contribution in [1.29, 1.82) is 0 Å². The van der Waals surface area contributed by atoms with Crippen LogP contribution in [0.15, 0.2) is 60.8 Å². The highest BCUT2D eigenvalue weighted by molar-refractivity contribution is 6.06. The Labute approximate surface area is 247 Å². The zero-order valence-corrected chi connectivity index (χ0v) is 24.3. The average Bonchev–Trinajstić information content (AvgIpc) is 3.52. The van der Waals surface area contributed by atoms with Gasteiger partial charge in [-0.2, -0.15) is 0 Å². The van der Waals surface area contributed by atoms with Crippen LogP contribution in [0.4, 0.5) is 11.5 Å². The molecule has 2 spiro atoms. The first-order valence-corrected chi connectivity index (χ1v) is 14.9. The molecule has 2 saturated heterocycles. The van der Waals surface area contributed by atoms with Crippen LogP contribution in [0, 0.1) is 17.3 Å². The second-order valence-corrected chi connectivity index (χ2v) is 12.4. The van der Waals surface area contributed by atoms with Gasteiger partial charge in [0.2, 0.25) is 11.8 Å². The van der Waals surface area contributed by atoms with E-state index >= 15 is 0 Å². The maximum atomic E-state index is 14.1. The largest absolute Gasteiger partial charge is 0.381 e. The Balaban J connectivity index is 1.14. The third-order valence-corrected chi connectivity index (χ3v) is 9.89. The molecule has 2 fully saturated rings. The lowest BCUT2D eigenvalue weighted by Gasteiger charge is -2.47. The Morgan fingerprint density at radius 1 is 1.02 bits per heavy atom. The first kappa shape index (κ1) is 26.7. The van der Waals surface area contributed by atoms with E-state index in [0.29, 0.717) is 38.4 Å². The third-order valence-electron chi connectivity index (χ3n) is 9.89. The summed E-state index contributed by atoms with van der Waals surface area (Å²) in [5.74, 6) is 7.62. The number of anilines is 2. The molecular weight excluding hydrogens is 524 g/mol. The average molecular weight is 561 g/mol. The zero-order valence-electron chi connectivity index (χ0n) is 24.3. The van der Waals surface area contributed by atoms with E-state index in [9.17, 15) is 9.59 Å². The fraction of sp³-hybridized carbons (Fsp3) is 0.400. The predicted octanol–water partition coefficient (Wildman–Crippen LogP) is 4.65. The van der Waals surface area contributed by atoms with Gasteiger partial charge in [-0.1, -0.05) is 36.1 Å². The molecule has 2 atom stereocenters. The van der Waals surface area contributed by atoms with Gasteiger partial charge in [-0.15, -0.1) is 0 Å². The molecule has 3 aromatic rings. The summed E-state index contributed by atoms with van der Waals surface area (Å²) < 4.78 is 5.63. The van der Waals surface area contributed by atoms with E-state index in [2.05, 4.69) is 63.4 Å². The standard InChI is InChI=1S/C35H36N4O3/c1-38(2)28-11-9-25(10-12-28)30-13-14-34(15-19-42-20-16-34)33(41)39(30)18-4-5-24-7-8-26-22-35(23-27(26)21-24)29-6-3-17-36-31(29)37-32(35)40/h3,6-12,17,21,30H,13-16,18-20,22-23H2,1-2H3,(H,36,37,40)/t30-,35+/m0/s1. The van der Waals surface area contributed by atoms with E-state index in [-0.39, 0.29) is 23.3 Å². The molecule has 7 heteroatoms. The SMILES string of the molecule is CN(C)c1ccc([C@@H]2CCC3(CCOCC3)C(=O)N2CC#Cc2ccc3c(c2)C[C@@]2(C3)C(=O)Nc3ncccc32)cc1. The number of ether oxygens (including phenoxy) is 1. The molecule has 1 aromatic heterocycles. The molecule has 4 aliphatic rings. The summed E-state index contributed by atoms with van der Waals surface area (Å²) in [6.45, 7) is 1.66. The summed E-state index contributed by atoms with van der Waals surface area (Å²) in [6, 6.07) is 18.7. The normalized spacial score (nSPS) is 23.8. The molecule has 0 radical (unpaired) electrons. The number of piperidine rings is 1. The van der Waals surface area contributed by atoms with Crippen molar-refractivity contribution in [3.05, 3.63) is 88.6 Å². The monoisotopic (exact) mass is 560 g/mol. The van der Waals surface area contributed by atoms with Gasteiger partial charge in [-0.25, -0.2) is 4.98 Å². The second kappa shape index (κ2) is 10.3. The van der Waals surface area contributed by atoms with Crippen LogP contribution in [0.3, 0.4) is 0 Å². The smallest absolute Gasteiger partial charge is 0.237 e. The van der Waals surface area contributed by atoms with Crippen LogP contribution >= 0.6 is 0 Å². The second-order valence-electron chi connectivity index (χ2n) is 12.4. The number of carbonyl (C=O) groups is 2. The van der Waals surface area contributed by atoms with Gasteiger partial charge in [-0.3, -0.25) is 9.59 Å². The predicted molar refractivity (Wildman–Crippen MR) is 162 cm³/mol. The Kier molecular flexibility index (Phi) is 6.55. The summed E-state index contributed by atoms with van der Waals surface area (Å²) in [5.41, 5.74) is 5.60. The minimum absolute atomic E-state index is 0.00548. The van der Waals surface area contributed by atoms with Gasteiger partial charge in [0.15, 0.2) is 0 Å². The van der Waals surface area contributed by atoms with Gasteiger partial charge in [0.1, 0.15) is 5.82 Å². The number of rotatable bonds is 3. The molecule has 2 aromatic carbocycles. The molecule has 1 N–H and O–H groups in total. The molecule has 2 amide bonds. The molecule has 3 aliphatic heterocycles. The Morgan fingerprint density at radius 3 is 2.60 bits per heavy atom. The van der Waals surface area contributed by atoms with Crippen molar-refractivity contribution in [2.24, 2.45) is 5.41 Å². The first-order valence-electron chi connectivity index (χ1n) is 14.9. The van der Waals surface area contributed by atoms with Crippen LogP contribution in [0.5, 0.6) is 0 Å². The Morgan fingerprint density at radius 2 is 1.81 bits per heavy atom. The van der Waals surface area contributed by atoms with Gasteiger partial charge in [0.05, 0.1) is 23.4 Å². The van der Waals surface area contributed by atoms with E-state index in [1.54, 1.807) is 6.20 Å². The van der Waals surface area contributed by atoms with Crippen LogP contribution in [0.2, 0.25) is 0 Å². The summed E-state index contributed by atoms with van der Waals surface area (Å²) in [5, 5.41) is 2.98. The summed E-state index contributed by atoms with van der Waals surface area (Å²) in [4.78, 5) is 35.6. The number of aromatic nitrogens is 1. The fourth-order valence-electron chi connectivity index (χ4n) is 7.44. The molecule has 4 heterocycles. The van der Waals surface area contributed by atoms with Crippen LogP contribution < -0.4 is 10.2 Å². The number of likely N-dealkylation sites (tertiary alicyclic amines) is 1. The van der Waals surface area contributed by atoms with Crippen LogP contribution in [0.1, 0.15) is 59.5 Å². The molecule has 7 rings (SSSR count). The Bertz CT molecular complexity index is 1610. The number of hydrogen-bond acceptors (Lipinski definition) is 5. The number of nitrogens with one attached hydrogen (secondary N) is 1. The zero-order chi connectivity index (χ0) is 28.9. The van der Waals surface area contributed by atoms with Gasteiger partial charge in [0, 0.05) is 50.3 Å². The quantitative estimate of drug-likeness (QED) is 0.472. The molecule has 42 heavy (non-hydrogen) atoms. The highest BCUT2D eigenvalue weighted by atomic mass is 16.5. The lowest BCUT2D eigenvalue weighted by atomic mass is 9.70. The van der Waals surface area contributed by atoms with Gasteiger partial charge < -0.3 is 19.9 Å². The number of carbonyl (C=O) groups excluding carboxylic acids is 2. The van der Waals surface area contributed by atoms with Crippen LogP contribution in [0.25, 0.3) is 0 Å². The van der Waals surface area contributed by atoms with E-state index in [1.807, 2.05) is 37.2 Å². The maximum Gasteiger partial charge on any atom is 0.237 e. The van der Waals surface area contributed by atoms with Crippen molar-refractivity contribution < 1.29 is 14.3 Å². The van der Waals surface area contributed by atoms with E-state index < -0.39 is 5.41 Å². The molecule has 0 unspecified atom stereocenters. The minimum atomic E-state index is -0.592. The van der Waals surface area contributed by atoms with Crippen LogP contribution in [-0.2, 0) is 32.6 Å². The number of pyridine rings is 1. The number of nitrogens with zero attached hydrogens (tertiary/aromatic N) is 3. The number of benzene rings is 2. The molecule has 0 bridgehead atoms. The lowest BCUT2D eigenvalue weighted by molar-refractivity contribution is -0.156. The Hall–Kier alpha value is -4.15. The van der Waals surface area contributed by atoms with Crippen molar-refractivity contribution in [3.63, 3.8) is 0 Å². The van der Waals surface area contributed by atoms with E-state index in [1.165, 1.54) is 5.56 Å². The van der Waals surface area contributed by atoms with Crippen molar-refractivity contribution in [2.75, 3.05) is 44.1 Å². The van der Waals surface area contributed by atoms with Crippen molar-refractivity contribution in [3.8, 4) is 11.8 Å². The summed E-state index contributed by atoms with van der Waals surface area (Å²) in [6.07, 6.45) is 6.40. The number of fused-ring (bicyclic) bond motifs is 3. The van der Waals surface area contributed by atoms with E-state index in [4.69, 9.17) is 4.74 Å². The van der Waals surface area contributed by atoms with Crippen molar-refractivity contribution >= 4 is 23.3 Å². The first-order chi connectivity index (χ1) is 20.4. The number of hydrogen-bond donors (Lipinski definition) is 1. The number of amides is 2.